The van der Waals surface area contributed by atoms with Gasteiger partial charge in [-0.25, -0.2) is 0 Å². The standard InChI is InChI=1S/C38H54N4.Ni/c1-11-35(12-2)27-19-21-29(39-27)37(15-5,16-6)34-26(10)24-32(42-34)36(13-3,14-4)28-20-22-30(40-28)38(17-7,18-8)33-25(9)23-31(35)41-33;/h19-24,33-34H,11-18H2,1-10H3;/q-2;+2. The van der Waals surface area contributed by atoms with E-state index in [1.54, 1.807) is 0 Å². The fourth-order valence-corrected chi connectivity index (χ4v) is 9.09. The Hall–Kier alpha value is -2.13. The van der Waals surface area contributed by atoms with Crippen LogP contribution >= 0.6 is 0 Å². The number of hydrogen-bond acceptors (Lipinski definition) is 2. The molecule has 0 saturated carbocycles. The van der Waals surface area contributed by atoms with Crippen LogP contribution < -0.4 is 9.97 Å². The summed E-state index contributed by atoms with van der Waals surface area (Å²) < 4.78 is 0. The first kappa shape index (κ1) is 33.8. The van der Waals surface area contributed by atoms with Gasteiger partial charge in [-0.1, -0.05) is 79.7 Å². The summed E-state index contributed by atoms with van der Waals surface area (Å²) in [7, 11) is 0. The van der Waals surface area contributed by atoms with E-state index in [1.807, 2.05) is 0 Å². The molecule has 0 saturated heterocycles. The summed E-state index contributed by atoms with van der Waals surface area (Å²) >= 11 is 0. The van der Waals surface area contributed by atoms with Crippen LogP contribution in [0.4, 0.5) is 0 Å². The first-order chi connectivity index (χ1) is 20.1. The number of hydrogen-bond donors (Lipinski definition) is 0. The molecule has 5 rings (SSSR count). The third-order valence-corrected chi connectivity index (χ3v) is 12.4. The molecule has 43 heavy (non-hydrogen) atoms. The van der Waals surface area contributed by atoms with Gasteiger partial charge < -0.3 is 9.97 Å². The SMILES string of the molecule is CCC1(CC)C2=NC(C(C)=C2)C(CC)(CC)c2ccc([n-]2)C(CC)(CC)C2=NC(C(C)=C2)C(CC)(CC)c2ccc1[n-]2.[Ni+2]. The minimum absolute atomic E-state index is 0. The Morgan fingerprint density at radius 1 is 0.512 bits per heavy atom. The number of nitrogens with zero attached hydrogens (tertiary/aromatic N) is 4. The maximum atomic E-state index is 5.67. The predicted molar refractivity (Wildman–Crippen MR) is 179 cm³/mol. The molecule has 0 aromatic carbocycles. The predicted octanol–water partition coefficient (Wildman–Crippen LogP) is 9.08. The Balaban J connectivity index is 0.00000423. The van der Waals surface area contributed by atoms with Gasteiger partial charge in [0.15, 0.2) is 0 Å². The number of aliphatic imine (C=N–C) groups is 2. The normalized spacial score (nSPS) is 24.5. The molecule has 8 bridgehead atoms. The monoisotopic (exact) mass is 624 g/mol. The average molecular weight is 626 g/mol. The van der Waals surface area contributed by atoms with E-state index >= 15 is 0 Å². The van der Waals surface area contributed by atoms with Crippen molar-refractivity contribution in [1.29, 1.82) is 0 Å². The van der Waals surface area contributed by atoms with Crippen molar-refractivity contribution in [3.05, 3.63) is 70.3 Å². The molecule has 236 valence electrons. The molecule has 0 aliphatic carbocycles. The summed E-state index contributed by atoms with van der Waals surface area (Å²) in [6.07, 6.45) is 12.7. The smallest absolute Gasteiger partial charge is 0.663 e. The molecule has 2 atom stereocenters. The molecule has 2 unspecified atom stereocenters. The summed E-state index contributed by atoms with van der Waals surface area (Å²) in [6, 6.07) is 9.46. The van der Waals surface area contributed by atoms with E-state index in [2.05, 4.69) is 106 Å². The van der Waals surface area contributed by atoms with E-state index in [-0.39, 0.29) is 50.2 Å². The third kappa shape index (κ3) is 4.57. The Kier molecular flexibility index (Phi) is 9.69. The Bertz CT molecular complexity index is 1300. The molecule has 0 fully saturated rings. The van der Waals surface area contributed by atoms with Gasteiger partial charge in [0.05, 0.1) is 12.1 Å². The van der Waals surface area contributed by atoms with Crippen molar-refractivity contribution in [3.8, 4) is 0 Å². The molecular formula is C38H54N4Ni. The fraction of sp³-hybridized carbons (Fsp3) is 0.632. The van der Waals surface area contributed by atoms with Crippen molar-refractivity contribution in [2.24, 2.45) is 9.98 Å². The van der Waals surface area contributed by atoms with Gasteiger partial charge >= 0.3 is 16.5 Å². The zero-order chi connectivity index (χ0) is 30.5. The summed E-state index contributed by atoms with van der Waals surface area (Å²) in [6.45, 7) is 23.2. The van der Waals surface area contributed by atoms with Crippen LogP contribution in [0.25, 0.3) is 0 Å². The summed E-state index contributed by atoms with van der Waals surface area (Å²) in [5.74, 6) is 0. The van der Waals surface area contributed by atoms with Crippen molar-refractivity contribution < 1.29 is 16.5 Å². The van der Waals surface area contributed by atoms with Gasteiger partial charge in [0, 0.05) is 33.1 Å². The second-order valence-corrected chi connectivity index (χ2v) is 13.3. The second kappa shape index (κ2) is 12.3. The van der Waals surface area contributed by atoms with Crippen LogP contribution in [0, 0.1) is 0 Å². The Labute approximate surface area is 271 Å². The van der Waals surface area contributed by atoms with Crippen molar-refractivity contribution in [3.63, 3.8) is 0 Å². The van der Waals surface area contributed by atoms with Gasteiger partial charge in [-0.15, -0.1) is 11.4 Å². The molecule has 0 radical (unpaired) electrons. The molecule has 0 spiro atoms. The molecule has 2 aromatic heterocycles. The van der Waals surface area contributed by atoms with Crippen molar-refractivity contribution in [2.45, 2.75) is 154 Å². The van der Waals surface area contributed by atoms with Crippen LogP contribution in [0.5, 0.6) is 0 Å². The van der Waals surface area contributed by atoms with E-state index in [0.717, 1.165) is 51.4 Å². The maximum absolute atomic E-state index is 5.67. The fourth-order valence-electron chi connectivity index (χ4n) is 9.09. The zero-order valence-corrected chi connectivity index (χ0v) is 29.4. The summed E-state index contributed by atoms with van der Waals surface area (Å²) in [4.78, 5) is 22.5. The number of rotatable bonds is 8. The zero-order valence-electron chi connectivity index (χ0n) is 28.4. The van der Waals surface area contributed by atoms with Crippen LogP contribution in [0.3, 0.4) is 0 Å². The second-order valence-electron chi connectivity index (χ2n) is 13.3. The van der Waals surface area contributed by atoms with Crippen molar-refractivity contribution >= 4 is 11.4 Å². The minimum Gasteiger partial charge on any atom is -0.663 e. The van der Waals surface area contributed by atoms with Gasteiger partial charge in [0.25, 0.3) is 0 Å². The third-order valence-electron chi connectivity index (χ3n) is 12.4. The van der Waals surface area contributed by atoms with E-state index in [0.29, 0.717) is 0 Å². The number of aromatic nitrogens is 2. The van der Waals surface area contributed by atoms with E-state index in [4.69, 9.17) is 20.0 Å². The number of fused-ring (bicyclic) bond motifs is 6. The van der Waals surface area contributed by atoms with Crippen LogP contribution in [0.1, 0.15) is 143 Å². The molecular weight excluding hydrogens is 571 g/mol. The van der Waals surface area contributed by atoms with Crippen LogP contribution in [-0.2, 0) is 38.2 Å². The molecule has 3 aliphatic rings. The minimum atomic E-state index is -0.203. The topological polar surface area (TPSA) is 52.9 Å². The molecule has 0 N–H and O–H groups in total. The summed E-state index contributed by atoms with van der Waals surface area (Å²) in [5, 5.41) is 0. The van der Waals surface area contributed by atoms with Crippen LogP contribution in [0.2, 0.25) is 0 Å². The Morgan fingerprint density at radius 2 is 0.814 bits per heavy atom. The van der Waals surface area contributed by atoms with Gasteiger partial charge in [0.1, 0.15) is 0 Å². The summed E-state index contributed by atoms with van der Waals surface area (Å²) in [5.41, 5.74) is 9.18. The van der Waals surface area contributed by atoms with E-state index < -0.39 is 0 Å². The average Bonchev–Trinajstić information content (AvgIpc) is 3.83. The van der Waals surface area contributed by atoms with Crippen molar-refractivity contribution in [2.75, 3.05) is 0 Å². The maximum Gasteiger partial charge on any atom is 2.00 e. The van der Waals surface area contributed by atoms with E-state index in [1.165, 1.54) is 45.3 Å². The molecule has 2 aromatic rings. The molecule has 4 nitrogen and oxygen atoms in total. The van der Waals surface area contributed by atoms with Gasteiger partial charge in [-0.05, 0) is 88.5 Å². The Morgan fingerprint density at radius 3 is 1.09 bits per heavy atom. The largest absolute Gasteiger partial charge is 2.00 e. The molecule has 5 heteroatoms. The molecule has 3 aliphatic heterocycles. The van der Waals surface area contributed by atoms with E-state index in [9.17, 15) is 0 Å². The van der Waals surface area contributed by atoms with Gasteiger partial charge in [-0.2, -0.15) is 11.4 Å². The van der Waals surface area contributed by atoms with Crippen LogP contribution in [0.15, 0.2) is 57.5 Å². The quantitative estimate of drug-likeness (QED) is 0.275. The number of allylic oxidation sites excluding steroid dienone is 2. The molecule has 5 heterocycles. The van der Waals surface area contributed by atoms with Gasteiger partial charge in [0.2, 0.25) is 0 Å². The first-order valence-electron chi connectivity index (χ1n) is 17.0. The van der Waals surface area contributed by atoms with Crippen molar-refractivity contribution in [1.82, 2.24) is 9.97 Å². The first-order valence-corrected chi connectivity index (χ1v) is 17.0. The molecule has 0 amide bonds. The van der Waals surface area contributed by atoms with Gasteiger partial charge in [-0.3, -0.25) is 9.98 Å². The van der Waals surface area contributed by atoms with Crippen LogP contribution in [-0.4, -0.2) is 23.5 Å².